The molecule has 0 amide bonds. The summed E-state index contributed by atoms with van der Waals surface area (Å²) in [6.45, 7) is 4.56. The molecule has 1 aromatic carbocycles. The third kappa shape index (κ3) is 4.79. The van der Waals surface area contributed by atoms with Gasteiger partial charge in [-0.25, -0.2) is 14.4 Å². The lowest BCUT2D eigenvalue weighted by atomic mass is 10.2. The highest BCUT2D eigenvalue weighted by Crippen LogP contribution is 2.11. The zero-order valence-corrected chi connectivity index (χ0v) is 12.5. The number of rotatable bonds is 7. The maximum atomic E-state index is 12.9. The average molecular weight is 288 g/mol. The topological polar surface area (TPSA) is 41.1 Å². The third-order valence-corrected chi connectivity index (χ3v) is 3.12. The minimum absolute atomic E-state index is 0.221. The Labute approximate surface area is 125 Å². The van der Waals surface area contributed by atoms with E-state index >= 15 is 0 Å². The van der Waals surface area contributed by atoms with Gasteiger partial charge in [0.25, 0.3) is 0 Å². The first kappa shape index (κ1) is 15.4. The van der Waals surface area contributed by atoms with Gasteiger partial charge in [-0.15, -0.1) is 0 Å². The van der Waals surface area contributed by atoms with Crippen LogP contribution in [0.3, 0.4) is 0 Å². The first-order valence-electron chi connectivity index (χ1n) is 7.16. The average Bonchev–Trinajstić information content (AvgIpc) is 2.50. The van der Waals surface area contributed by atoms with Crippen LogP contribution in [0.4, 0.5) is 10.3 Å². The second-order valence-corrected chi connectivity index (χ2v) is 5.05. The van der Waals surface area contributed by atoms with Crippen molar-refractivity contribution in [1.82, 2.24) is 15.3 Å². The predicted molar refractivity (Wildman–Crippen MR) is 82.5 cm³/mol. The van der Waals surface area contributed by atoms with Gasteiger partial charge in [-0.05, 0) is 30.7 Å². The Morgan fingerprint density at radius 1 is 1.10 bits per heavy atom. The van der Waals surface area contributed by atoms with Crippen molar-refractivity contribution >= 4 is 5.95 Å². The quantitative estimate of drug-likeness (QED) is 0.795. The van der Waals surface area contributed by atoms with Crippen molar-refractivity contribution in [3.8, 4) is 0 Å². The van der Waals surface area contributed by atoms with Gasteiger partial charge in [-0.1, -0.05) is 19.1 Å². The van der Waals surface area contributed by atoms with Crippen molar-refractivity contribution in [1.29, 1.82) is 0 Å². The summed E-state index contributed by atoms with van der Waals surface area (Å²) in [5, 5.41) is 3.32. The van der Waals surface area contributed by atoms with E-state index in [0.29, 0.717) is 12.5 Å². The fraction of sp³-hybridized carbons (Fsp3) is 0.375. The Balaban J connectivity index is 1.93. The lowest BCUT2D eigenvalue weighted by Crippen LogP contribution is -2.20. The van der Waals surface area contributed by atoms with Crippen molar-refractivity contribution in [2.75, 3.05) is 18.5 Å². The fourth-order valence-corrected chi connectivity index (χ4v) is 1.98. The highest BCUT2D eigenvalue weighted by Gasteiger charge is 2.05. The maximum absolute atomic E-state index is 12.9. The van der Waals surface area contributed by atoms with E-state index in [-0.39, 0.29) is 5.82 Å². The van der Waals surface area contributed by atoms with E-state index in [1.54, 1.807) is 12.1 Å². The summed E-state index contributed by atoms with van der Waals surface area (Å²) in [6.07, 6.45) is 4.79. The number of nitrogens with one attached hydrogen (secondary N) is 1. The number of aromatic nitrogens is 2. The molecule has 0 radical (unpaired) electrons. The molecule has 0 atom stereocenters. The number of nitrogens with zero attached hydrogens (tertiary/aromatic N) is 3. The number of hydrogen-bond acceptors (Lipinski definition) is 4. The number of anilines is 1. The Morgan fingerprint density at radius 3 is 2.38 bits per heavy atom. The number of benzene rings is 1. The van der Waals surface area contributed by atoms with Crippen molar-refractivity contribution in [2.24, 2.45) is 0 Å². The first-order chi connectivity index (χ1) is 10.2. The van der Waals surface area contributed by atoms with Gasteiger partial charge in [0.1, 0.15) is 5.82 Å². The van der Waals surface area contributed by atoms with Crippen LogP contribution in [0.2, 0.25) is 0 Å². The van der Waals surface area contributed by atoms with E-state index < -0.39 is 0 Å². The molecule has 4 nitrogen and oxygen atoms in total. The van der Waals surface area contributed by atoms with Gasteiger partial charge in [0.2, 0.25) is 5.95 Å². The van der Waals surface area contributed by atoms with Crippen LogP contribution in [0.5, 0.6) is 0 Å². The molecule has 0 saturated carbocycles. The van der Waals surface area contributed by atoms with Crippen molar-refractivity contribution in [3.63, 3.8) is 0 Å². The van der Waals surface area contributed by atoms with Crippen LogP contribution in [-0.4, -0.2) is 23.6 Å². The molecule has 2 aromatic rings. The summed E-state index contributed by atoms with van der Waals surface area (Å²) < 4.78 is 12.9. The van der Waals surface area contributed by atoms with Gasteiger partial charge in [0, 0.05) is 38.1 Å². The van der Waals surface area contributed by atoms with Crippen LogP contribution in [0, 0.1) is 5.82 Å². The van der Waals surface area contributed by atoms with Gasteiger partial charge in [0.05, 0.1) is 0 Å². The van der Waals surface area contributed by atoms with Crippen LogP contribution < -0.4 is 10.2 Å². The van der Waals surface area contributed by atoms with E-state index in [0.717, 1.165) is 30.6 Å². The molecule has 0 aliphatic carbocycles. The smallest absolute Gasteiger partial charge is 0.225 e. The Bertz CT molecular complexity index is 539. The molecule has 0 bridgehead atoms. The highest BCUT2D eigenvalue weighted by molar-refractivity contribution is 5.31. The minimum Gasteiger partial charge on any atom is -0.340 e. The maximum Gasteiger partial charge on any atom is 0.225 e. The summed E-state index contributed by atoms with van der Waals surface area (Å²) in [5.74, 6) is 0.445. The molecule has 0 fully saturated rings. The zero-order valence-electron chi connectivity index (χ0n) is 12.5. The lowest BCUT2D eigenvalue weighted by molar-refractivity contribution is 0.627. The van der Waals surface area contributed by atoms with Crippen LogP contribution in [0.1, 0.15) is 24.5 Å². The fourth-order valence-electron chi connectivity index (χ4n) is 1.98. The molecule has 0 saturated heterocycles. The summed E-state index contributed by atoms with van der Waals surface area (Å²) in [6, 6.07) is 6.47. The van der Waals surface area contributed by atoms with E-state index in [9.17, 15) is 4.39 Å². The predicted octanol–water partition coefficient (Wildman–Crippen LogP) is 2.75. The molecule has 1 N–H and O–H groups in total. The molecule has 0 spiro atoms. The summed E-state index contributed by atoms with van der Waals surface area (Å²) >= 11 is 0. The number of halogens is 1. The van der Waals surface area contributed by atoms with Gasteiger partial charge in [0.15, 0.2) is 0 Å². The van der Waals surface area contributed by atoms with Crippen LogP contribution in [-0.2, 0) is 13.1 Å². The third-order valence-electron chi connectivity index (χ3n) is 3.12. The molecule has 112 valence electrons. The summed E-state index contributed by atoms with van der Waals surface area (Å²) in [7, 11) is 1.92. The van der Waals surface area contributed by atoms with Crippen LogP contribution in [0.15, 0.2) is 36.7 Å². The van der Waals surface area contributed by atoms with Crippen LogP contribution in [0.25, 0.3) is 0 Å². The Kier molecular flexibility index (Phi) is 5.63. The largest absolute Gasteiger partial charge is 0.340 e. The first-order valence-corrected chi connectivity index (χ1v) is 7.16. The molecule has 0 unspecified atom stereocenters. The van der Waals surface area contributed by atoms with E-state index in [1.165, 1.54) is 12.1 Å². The van der Waals surface area contributed by atoms with E-state index in [1.807, 2.05) is 24.3 Å². The Hall–Kier alpha value is -2.01. The van der Waals surface area contributed by atoms with Crippen molar-refractivity contribution in [2.45, 2.75) is 26.4 Å². The highest BCUT2D eigenvalue weighted by atomic mass is 19.1. The van der Waals surface area contributed by atoms with Gasteiger partial charge < -0.3 is 10.2 Å². The normalized spacial score (nSPS) is 10.6. The second kappa shape index (κ2) is 7.69. The van der Waals surface area contributed by atoms with Crippen LogP contribution >= 0.6 is 0 Å². The summed E-state index contributed by atoms with van der Waals surface area (Å²) in [4.78, 5) is 10.7. The van der Waals surface area contributed by atoms with E-state index in [4.69, 9.17) is 0 Å². The van der Waals surface area contributed by atoms with Crippen molar-refractivity contribution < 1.29 is 4.39 Å². The molecular formula is C16H21FN4. The lowest BCUT2D eigenvalue weighted by Gasteiger charge is -2.17. The van der Waals surface area contributed by atoms with E-state index in [2.05, 4.69) is 22.2 Å². The zero-order chi connectivity index (χ0) is 15.1. The molecule has 0 aliphatic heterocycles. The molecular weight excluding hydrogens is 267 g/mol. The molecule has 1 heterocycles. The second-order valence-electron chi connectivity index (χ2n) is 5.05. The number of hydrogen-bond donors (Lipinski definition) is 1. The monoisotopic (exact) mass is 288 g/mol. The summed E-state index contributed by atoms with van der Waals surface area (Å²) in [5.41, 5.74) is 2.10. The molecule has 2 rings (SSSR count). The molecule has 5 heteroatoms. The SMILES string of the molecule is CCCNCc1cnc(N(C)Cc2ccc(F)cc2)nc1. The van der Waals surface area contributed by atoms with Gasteiger partial charge in [-0.3, -0.25) is 0 Å². The molecule has 21 heavy (non-hydrogen) atoms. The molecule has 1 aromatic heterocycles. The molecule has 0 aliphatic rings. The Morgan fingerprint density at radius 2 is 1.76 bits per heavy atom. The minimum atomic E-state index is -0.221. The van der Waals surface area contributed by atoms with Gasteiger partial charge >= 0.3 is 0 Å². The van der Waals surface area contributed by atoms with Gasteiger partial charge in [-0.2, -0.15) is 0 Å². The standard InChI is InChI=1S/C16H21FN4/c1-3-8-18-9-14-10-19-16(20-11-14)21(2)12-13-4-6-15(17)7-5-13/h4-7,10-11,18H,3,8-9,12H2,1-2H3. The van der Waals surface area contributed by atoms with Crippen molar-refractivity contribution in [3.05, 3.63) is 53.6 Å².